The van der Waals surface area contributed by atoms with Crippen molar-refractivity contribution in [2.75, 3.05) is 17.3 Å². The SMILES string of the molecule is CSc1ccccc1NC(=O)c1sc2nnccc2c1N. The van der Waals surface area contributed by atoms with E-state index in [1.54, 1.807) is 24.0 Å². The number of rotatable bonds is 3. The lowest BCUT2D eigenvalue weighted by atomic mass is 10.2. The van der Waals surface area contributed by atoms with E-state index >= 15 is 0 Å². The fraction of sp³-hybridized carbons (Fsp3) is 0.0714. The largest absolute Gasteiger partial charge is 0.397 e. The van der Waals surface area contributed by atoms with Crippen LogP contribution in [0.5, 0.6) is 0 Å². The van der Waals surface area contributed by atoms with Gasteiger partial charge in [0, 0.05) is 10.3 Å². The van der Waals surface area contributed by atoms with Crippen molar-refractivity contribution in [3.8, 4) is 0 Å². The van der Waals surface area contributed by atoms with Gasteiger partial charge in [0.25, 0.3) is 5.91 Å². The molecule has 1 aromatic carbocycles. The van der Waals surface area contributed by atoms with Gasteiger partial charge >= 0.3 is 0 Å². The summed E-state index contributed by atoms with van der Waals surface area (Å²) < 4.78 is 0. The molecule has 3 aromatic rings. The lowest BCUT2D eigenvalue weighted by molar-refractivity contribution is 0.103. The summed E-state index contributed by atoms with van der Waals surface area (Å²) in [5, 5.41) is 11.5. The van der Waals surface area contributed by atoms with Crippen molar-refractivity contribution in [1.29, 1.82) is 0 Å². The number of benzene rings is 1. The van der Waals surface area contributed by atoms with Gasteiger partial charge in [-0.25, -0.2) is 0 Å². The Kier molecular flexibility index (Phi) is 3.76. The molecule has 21 heavy (non-hydrogen) atoms. The van der Waals surface area contributed by atoms with E-state index in [0.29, 0.717) is 15.4 Å². The van der Waals surface area contributed by atoms with Crippen LogP contribution in [-0.2, 0) is 0 Å². The van der Waals surface area contributed by atoms with Crippen molar-refractivity contribution < 1.29 is 4.79 Å². The van der Waals surface area contributed by atoms with Gasteiger partial charge in [0.1, 0.15) is 9.71 Å². The minimum absolute atomic E-state index is 0.225. The van der Waals surface area contributed by atoms with Crippen molar-refractivity contribution in [3.05, 3.63) is 41.4 Å². The van der Waals surface area contributed by atoms with Gasteiger partial charge in [0.2, 0.25) is 0 Å². The Labute approximate surface area is 129 Å². The molecule has 0 aliphatic carbocycles. The highest BCUT2D eigenvalue weighted by Gasteiger charge is 2.18. The zero-order valence-corrected chi connectivity index (χ0v) is 12.8. The molecule has 5 nitrogen and oxygen atoms in total. The minimum Gasteiger partial charge on any atom is -0.397 e. The lowest BCUT2D eigenvalue weighted by Gasteiger charge is -2.08. The van der Waals surface area contributed by atoms with Crippen LogP contribution in [-0.4, -0.2) is 22.4 Å². The quantitative estimate of drug-likeness (QED) is 0.725. The standard InChI is InChI=1S/C14H12N4OS2/c1-20-10-5-3-2-4-9(10)17-13(19)12-11(15)8-6-7-16-18-14(8)21-12/h2-7H,15H2,1H3,(H,17,19). The molecule has 106 valence electrons. The van der Waals surface area contributed by atoms with Crippen LogP contribution in [0.3, 0.4) is 0 Å². The highest BCUT2D eigenvalue weighted by molar-refractivity contribution is 7.98. The molecule has 0 aliphatic heterocycles. The molecule has 0 atom stereocenters. The summed E-state index contributed by atoms with van der Waals surface area (Å²) >= 11 is 2.82. The van der Waals surface area contributed by atoms with E-state index < -0.39 is 0 Å². The number of nitrogens with one attached hydrogen (secondary N) is 1. The Morgan fingerprint density at radius 1 is 1.33 bits per heavy atom. The molecule has 0 bridgehead atoms. The van der Waals surface area contributed by atoms with E-state index in [-0.39, 0.29) is 5.91 Å². The number of nitrogens with zero attached hydrogens (tertiary/aromatic N) is 2. The van der Waals surface area contributed by atoms with E-state index in [2.05, 4.69) is 15.5 Å². The van der Waals surface area contributed by atoms with Gasteiger partial charge in [0.15, 0.2) is 0 Å². The number of para-hydroxylation sites is 1. The van der Waals surface area contributed by atoms with Crippen molar-refractivity contribution in [2.24, 2.45) is 0 Å². The molecule has 2 aromatic heterocycles. The molecule has 3 N–H and O–H groups in total. The molecule has 3 rings (SSSR count). The summed E-state index contributed by atoms with van der Waals surface area (Å²) in [5.41, 5.74) is 7.26. The van der Waals surface area contributed by atoms with Crippen LogP contribution in [0.2, 0.25) is 0 Å². The first-order valence-electron chi connectivity index (χ1n) is 6.14. The predicted molar refractivity (Wildman–Crippen MR) is 88.0 cm³/mol. The van der Waals surface area contributed by atoms with Gasteiger partial charge in [-0.2, -0.15) is 5.10 Å². The third-order valence-electron chi connectivity index (χ3n) is 2.98. The van der Waals surface area contributed by atoms with Crippen LogP contribution in [0, 0.1) is 0 Å². The minimum atomic E-state index is -0.225. The number of thiophene rings is 1. The molecule has 0 radical (unpaired) electrons. The Bertz CT molecular complexity index is 816. The number of carbonyl (C=O) groups is 1. The number of hydrogen-bond donors (Lipinski definition) is 2. The summed E-state index contributed by atoms with van der Waals surface area (Å²) in [7, 11) is 0. The van der Waals surface area contributed by atoms with Gasteiger partial charge in [-0.3, -0.25) is 4.79 Å². The number of anilines is 2. The van der Waals surface area contributed by atoms with Gasteiger partial charge in [-0.05, 0) is 24.5 Å². The summed E-state index contributed by atoms with van der Waals surface area (Å²) in [4.78, 5) is 14.6. The van der Waals surface area contributed by atoms with Crippen LogP contribution in [0.4, 0.5) is 11.4 Å². The maximum atomic E-state index is 12.4. The van der Waals surface area contributed by atoms with Crippen molar-refractivity contribution in [1.82, 2.24) is 10.2 Å². The normalized spacial score (nSPS) is 10.7. The maximum Gasteiger partial charge on any atom is 0.267 e. The van der Waals surface area contributed by atoms with E-state index in [4.69, 9.17) is 5.73 Å². The van der Waals surface area contributed by atoms with Crippen LogP contribution in [0.15, 0.2) is 41.4 Å². The van der Waals surface area contributed by atoms with Crippen molar-refractivity contribution in [2.45, 2.75) is 4.90 Å². The van der Waals surface area contributed by atoms with Gasteiger partial charge in [0.05, 0.1) is 17.6 Å². The summed E-state index contributed by atoms with van der Waals surface area (Å²) in [6.07, 6.45) is 3.53. The van der Waals surface area contributed by atoms with Crippen LogP contribution in [0.25, 0.3) is 10.2 Å². The summed E-state index contributed by atoms with van der Waals surface area (Å²) in [6, 6.07) is 9.41. The molecule has 0 saturated heterocycles. The Morgan fingerprint density at radius 3 is 2.90 bits per heavy atom. The fourth-order valence-electron chi connectivity index (χ4n) is 1.97. The first-order chi connectivity index (χ1) is 10.2. The van der Waals surface area contributed by atoms with Crippen molar-refractivity contribution in [3.63, 3.8) is 0 Å². The first kappa shape index (κ1) is 13.8. The zero-order valence-electron chi connectivity index (χ0n) is 11.2. The number of carbonyl (C=O) groups excluding carboxylic acids is 1. The van der Waals surface area contributed by atoms with Gasteiger partial charge in [-0.1, -0.05) is 12.1 Å². The molecule has 7 heteroatoms. The number of hydrogen-bond acceptors (Lipinski definition) is 6. The average Bonchev–Trinajstić information content (AvgIpc) is 2.85. The van der Waals surface area contributed by atoms with Crippen LogP contribution in [0.1, 0.15) is 9.67 Å². The summed E-state index contributed by atoms with van der Waals surface area (Å²) in [5.74, 6) is -0.225. The Balaban J connectivity index is 1.96. The van der Waals surface area contributed by atoms with E-state index in [1.807, 2.05) is 30.5 Å². The number of fused-ring (bicyclic) bond motifs is 1. The Hall–Kier alpha value is -2.12. The number of amides is 1. The smallest absolute Gasteiger partial charge is 0.267 e. The fourth-order valence-corrected chi connectivity index (χ4v) is 3.46. The molecule has 0 fully saturated rings. The van der Waals surface area contributed by atoms with Gasteiger partial charge in [-0.15, -0.1) is 28.2 Å². The highest BCUT2D eigenvalue weighted by Crippen LogP contribution is 2.33. The molecule has 2 heterocycles. The number of nitrogen functional groups attached to an aromatic ring is 1. The molecular formula is C14H12N4OS2. The first-order valence-corrected chi connectivity index (χ1v) is 8.19. The molecule has 0 aliphatic rings. The lowest BCUT2D eigenvalue weighted by Crippen LogP contribution is -2.12. The maximum absolute atomic E-state index is 12.4. The van der Waals surface area contributed by atoms with Crippen LogP contribution >= 0.6 is 23.1 Å². The van der Waals surface area contributed by atoms with E-state index in [0.717, 1.165) is 16.0 Å². The highest BCUT2D eigenvalue weighted by atomic mass is 32.2. The monoisotopic (exact) mass is 316 g/mol. The second-order valence-corrected chi connectivity index (χ2v) is 6.10. The molecule has 0 unspecified atom stereocenters. The van der Waals surface area contributed by atoms with Crippen LogP contribution < -0.4 is 11.1 Å². The molecule has 1 amide bonds. The third-order valence-corrected chi connectivity index (χ3v) is 4.88. The van der Waals surface area contributed by atoms with E-state index in [1.165, 1.54) is 11.3 Å². The summed E-state index contributed by atoms with van der Waals surface area (Å²) in [6.45, 7) is 0. The molecule has 0 saturated carbocycles. The number of nitrogens with two attached hydrogens (primary N) is 1. The number of aromatic nitrogens is 2. The molecular weight excluding hydrogens is 304 g/mol. The zero-order chi connectivity index (χ0) is 14.8. The van der Waals surface area contributed by atoms with Gasteiger partial charge < -0.3 is 11.1 Å². The third kappa shape index (κ3) is 2.57. The van der Waals surface area contributed by atoms with E-state index in [9.17, 15) is 4.79 Å². The predicted octanol–water partition coefficient (Wildman–Crippen LogP) is 3.25. The topological polar surface area (TPSA) is 80.9 Å². The second-order valence-electron chi connectivity index (χ2n) is 4.25. The number of thioether (sulfide) groups is 1. The average molecular weight is 316 g/mol. The Morgan fingerprint density at radius 2 is 2.14 bits per heavy atom. The second kappa shape index (κ2) is 5.71. The molecule has 0 spiro atoms. The van der Waals surface area contributed by atoms with Crippen molar-refractivity contribution >= 4 is 50.6 Å².